The predicted molar refractivity (Wildman–Crippen MR) is 137 cm³/mol. The molecule has 9 atom stereocenters. The minimum atomic E-state index is -1.32. The molecule has 210 valence electrons. The van der Waals surface area contributed by atoms with Crippen LogP contribution in [0.3, 0.4) is 0 Å². The third-order valence-electron chi connectivity index (χ3n) is 10.2. The van der Waals surface area contributed by atoms with Gasteiger partial charge in [0.15, 0.2) is 5.78 Å². The molecule has 0 radical (unpaired) electrons. The van der Waals surface area contributed by atoms with E-state index in [-0.39, 0.29) is 24.2 Å². The summed E-state index contributed by atoms with van der Waals surface area (Å²) in [6.45, 7) is 8.83. The van der Waals surface area contributed by atoms with Crippen molar-refractivity contribution in [2.75, 3.05) is 14.2 Å². The van der Waals surface area contributed by atoms with Crippen molar-refractivity contribution < 1.29 is 42.5 Å². The van der Waals surface area contributed by atoms with Crippen LogP contribution in [0.5, 0.6) is 0 Å². The molecule has 1 aliphatic heterocycles. The summed E-state index contributed by atoms with van der Waals surface area (Å²) in [5.41, 5.74) is -0.391. The Morgan fingerprint density at radius 2 is 1.82 bits per heavy atom. The van der Waals surface area contributed by atoms with Gasteiger partial charge in [-0.2, -0.15) is 0 Å². The maximum Gasteiger partial charge on any atom is 0.315 e. The molecular weight excluding hydrogens is 504 g/mol. The minimum absolute atomic E-state index is 0.0419. The molecule has 3 aliphatic carbocycles. The van der Waals surface area contributed by atoms with Crippen molar-refractivity contribution in [3.63, 3.8) is 0 Å². The lowest BCUT2D eigenvalue weighted by atomic mass is 9.41. The smallest absolute Gasteiger partial charge is 0.315 e. The molecule has 0 spiro atoms. The third-order valence-corrected chi connectivity index (χ3v) is 10.2. The van der Waals surface area contributed by atoms with Gasteiger partial charge in [-0.1, -0.05) is 25.5 Å². The Bertz CT molecular complexity index is 1280. The fraction of sp³-hybridized carbons (Fsp3) is 0.600. The van der Waals surface area contributed by atoms with Gasteiger partial charge in [0.1, 0.15) is 12.2 Å². The van der Waals surface area contributed by atoms with Crippen molar-refractivity contribution in [1.29, 1.82) is 0 Å². The second-order valence-electron chi connectivity index (χ2n) is 11.9. The molecule has 9 nitrogen and oxygen atoms in total. The Kier molecular flexibility index (Phi) is 6.44. The highest BCUT2D eigenvalue weighted by atomic mass is 16.6. The van der Waals surface area contributed by atoms with Crippen molar-refractivity contribution in [3.05, 3.63) is 47.5 Å². The fourth-order valence-electron chi connectivity index (χ4n) is 8.57. The lowest BCUT2D eigenvalue weighted by Crippen LogP contribution is -2.70. The van der Waals surface area contributed by atoms with Crippen molar-refractivity contribution in [2.24, 2.45) is 28.1 Å². The molecule has 0 amide bonds. The average Bonchev–Trinajstić information content (AvgIpc) is 3.60. The number of carbonyl (C=O) groups excluding carboxylic acids is 4. The van der Waals surface area contributed by atoms with Gasteiger partial charge in [-0.15, -0.1) is 0 Å². The van der Waals surface area contributed by atoms with Crippen LogP contribution in [0.1, 0.15) is 58.9 Å². The van der Waals surface area contributed by atoms with Crippen molar-refractivity contribution in [1.82, 2.24) is 0 Å². The Balaban J connectivity index is 1.78. The van der Waals surface area contributed by atoms with Gasteiger partial charge in [0.05, 0.1) is 44.7 Å². The van der Waals surface area contributed by atoms with E-state index in [0.717, 1.165) is 16.7 Å². The van der Waals surface area contributed by atoms with Gasteiger partial charge in [0, 0.05) is 29.6 Å². The zero-order valence-corrected chi connectivity index (χ0v) is 23.4. The van der Waals surface area contributed by atoms with Crippen LogP contribution in [-0.4, -0.2) is 56.2 Å². The minimum Gasteiger partial charge on any atom is -0.472 e. The van der Waals surface area contributed by atoms with Crippen LogP contribution >= 0.6 is 0 Å². The number of ether oxygens (including phenoxy) is 4. The number of fused-ring (bicyclic) bond motifs is 4. The predicted octanol–water partition coefficient (Wildman–Crippen LogP) is 3.92. The van der Waals surface area contributed by atoms with Crippen LogP contribution in [0.25, 0.3) is 0 Å². The highest BCUT2D eigenvalue weighted by molar-refractivity contribution is 5.99. The molecule has 1 aromatic heterocycles. The topological polar surface area (TPSA) is 118 Å². The molecule has 2 heterocycles. The number of rotatable bonds is 5. The summed E-state index contributed by atoms with van der Waals surface area (Å²) in [5, 5.41) is 0. The fourth-order valence-corrected chi connectivity index (χ4v) is 8.57. The number of ketones is 1. The number of furan rings is 1. The first-order valence-corrected chi connectivity index (χ1v) is 13.3. The average molecular weight is 541 g/mol. The van der Waals surface area contributed by atoms with Crippen LogP contribution < -0.4 is 0 Å². The Morgan fingerprint density at radius 1 is 1.10 bits per heavy atom. The van der Waals surface area contributed by atoms with Gasteiger partial charge >= 0.3 is 17.9 Å². The third kappa shape index (κ3) is 3.61. The lowest BCUT2D eigenvalue weighted by Gasteiger charge is -2.62. The van der Waals surface area contributed by atoms with Crippen molar-refractivity contribution in [3.8, 4) is 0 Å². The van der Waals surface area contributed by atoms with E-state index in [1.54, 1.807) is 26.4 Å². The number of carbonyl (C=O) groups is 4. The van der Waals surface area contributed by atoms with Crippen LogP contribution in [0.15, 0.2) is 46.3 Å². The van der Waals surface area contributed by atoms with E-state index in [4.69, 9.17) is 23.4 Å². The summed E-state index contributed by atoms with van der Waals surface area (Å²) in [4.78, 5) is 52.9. The number of hydrogen-bond acceptors (Lipinski definition) is 9. The molecule has 39 heavy (non-hydrogen) atoms. The van der Waals surface area contributed by atoms with Gasteiger partial charge in [-0.3, -0.25) is 19.2 Å². The van der Waals surface area contributed by atoms with E-state index >= 15 is 0 Å². The summed E-state index contributed by atoms with van der Waals surface area (Å²) in [5.74, 6) is -3.26. The molecule has 1 saturated carbocycles. The zero-order valence-electron chi connectivity index (χ0n) is 23.4. The highest BCUT2D eigenvalue weighted by Crippen LogP contribution is 2.70. The monoisotopic (exact) mass is 540 g/mol. The molecule has 9 heteroatoms. The lowest BCUT2D eigenvalue weighted by molar-refractivity contribution is -0.226. The number of allylic oxidation sites excluding steroid dienone is 2. The van der Waals surface area contributed by atoms with Crippen LogP contribution in [0.4, 0.5) is 0 Å². The maximum absolute atomic E-state index is 14.0. The maximum atomic E-state index is 14.0. The molecule has 1 unspecified atom stereocenters. The second kappa shape index (κ2) is 9.18. The Labute approximate surface area is 227 Å². The molecule has 2 fully saturated rings. The normalized spacial score (nSPS) is 40.5. The van der Waals surface area contributed by atoms with Crippen molar-refractivity contribution in [2.45, 2.75) is 71.7 Å². The summed E-state index contributed by atoms with van der Waals surface area (Å²) < 4.78 is 28.5. The molecule has 5 rings (SSSR count). The first-order chi connectivity index (χ1) is 18.3. The van der Waals surface area contributed by atoms with Gasteiger partial charge in [-0.25, -0.2) is 0 Å². The molecule has 4 aliphatic rings. The van der Waals surface area contributed by atoms with Crippen LogP contribution in [0.2, 0.25) is 0 Å². The highest BCUT2D eigenvalue weighted by Gasteiger charge is 2.75. The summed E-state index contributed by atoms with van der Waals surface area (Å²) in [6.07, 6.45) is 4.88. The molecular formula is C30H36O9. The Morgan fingerprint density at radius 3 is 2.41 bits per heavy atom. The zero-order chi connectivity index (χ0) is 28.5. The van der Waals surface area contributed by atoms with Crippen LogP contribution in [-0.2, 0) is 38.1 Å². The standard InChI is InChI=1S/C30H36O9/c1-15-18(17-9-11-37-14-17)12-19-23(15)30(5)20(13-22(33)35-6)29(4)21(32)8-10-28(3,27(34)36-7)25(29)24(26(30)39-19)38-16(2)31/h8-11,14,18-20,24-26H,12-13H2,1-7H3/t18-,19-,20-,24-,25?,26-,28-,29+,30-/m1/s1. The summed E-state index contributed by atoms with van der Waals surface area (Å²) in [7, 11) is 2.60. The summed E-state index contributed by atoms with van der Waals surface area (Å²) >= 11 is 0. The number of hydrogen-bond donors (Lipinski definition) is 0. The first-order valence-electron chi connectivity index (χ1n) is 13.3. The molecule has 0 N–H and O–H groups in total. The number of methoxy groups -OCH3 is 2. The molecule has 1 saturated heterocycles. The SMILES string of the molecule is COC(=O)C[C@H]1[C@]2(C)C3=C(C)[C@H](c4ccoc4)C[C@H]3O[C@@H]2[C@H](OC(C)=O)C2[C@](C)(C(=O)OC)C=CC(=O)[C@@]21C. The van der Waals surface area contributed by atoms with E-state index in [9.17, 15) is 19.2 Å². The van der Waals surface area contributed by atoms with E-state index in [1.165, 1.54) is 33.3 Å². The molecule has 1 aromatic rings. The molecule has 0 bridgehead atoms. The number of esters is 3. The van der Waals surface area contributed by atoms with Gasteiger partial charge in [0.25, 0.3) is 0 Å². The van der Waals surface area contributed by atoms with Crippen molar-refractivity contribution >= 4 is 23.7 Å². The Hall–Kier alpha value is -3.20. The van der Waals surface area contributed by atoms with E-state index < -0.39 is 58.2 Å². The molecule has 0 aromatic carbocycles. The van der Waals surface area contributed by atoms with E-state index in [0.29, 0.717) is 6.42 Å². The van der Waals surface area contributed by atoms with Gasteiger partial charge < -0.3 is 23.4 Å². The first kappa shape index (κ1) is 27.4. The largest absolute Gasteiger partial charge is 0.472 e. The van der Waals surface area contributed by atoms with E-state index in [2.05, 4.69) is 6.92 Å². The van der Waals surface area contributed by atoms with Gasteiger partial charge in [-0.05, 0) is 49.5 Å². The quantitative estimate of drug-likeness (QED) is 0.311. The van der Waals surface area contributed by atoms with E-state index in [1.807, 2.05) is 13.0 Å². The van der Waals surface area contributed by atoms with Gasteiger partial charge in [0.2, 0.25) is 0 Å². The second-order valence-corrected chi connectivity index (χ2v) is 11.9. The summed E-state index contributed by atoms with van der Waals surface area (Å²) in [6, 6.07) is 1.93. The van der Waals surface area contributed by atoms with Crippen LogP contribution in [0, 0.1) is 28.1 Å².